The number of rotatable bonds is 2. The van der Waals surface area contributed by atoms with Crippen LogP contribution in [0, 0.1) is 11.3 Å². The van der Waals surface area contributed by atoms with E-state index in [0.717, 1.165) is 19.4 Å². The summed E-state index contributed by atoms with van der Waals surface area (Å²) in [6.07, 6.45) is 3.79. The quantitative estimate of drug-likeness (QED) is 0.842. The fraction of sp³-hybridized carbons (Fsp3) is 0.667. The van der Waals surface area contributed by atoms with Gasteiger partial charge in [0.1, 0.15) is 0 Å². The Morgan fingerprint density at radius 2 is 1.95 bits per heavy atom. The lowest BCUT2D eigenvalue weighted by Gasteiger charge is -2.38. The monoisotopic (exact) mass is 304 g/mol. The number of nitrogens with zero attached hydrogens (tertiary/aromatic N) is 2. The van der Waals surface area contributed by atoms with E-state index in [2.05, 4.69) is 34.6 Å². The molecule has 4 nitrogen and oxygen atoms in total. The highest BCUT2D eigenvalue weighted by Gasteiger charge is 2.44. The maximum absolute atomic E-state index is 12.8. The highest BCUT2D eigenvalue weighted by molar-refractivity contribution is 5.94. The molecule has 1 atom stereocenters. The van der Waals surface area contributed by atoms with Crippen LogP contribution in [-0.4, -0.2) is 27.5 Å². The van der Waals surface area contributed by atoms with Crippen LogP contribution in [-0.2, 0) is 7.05 Å². The third-order valence-electron chi connectivity index (χ3n) is 4.83. The summed E-state index contributed by atoms with van der Waals surface area (Å²) in [6, 6.07) is 3.10. The standard InChI is InChI=1S/C18H28N2O2/c1-17(2,3)11-14-9-10-20(18(14,4)5)16(22)13-7-8-15(21)19(6)12-13/h7-8,12,14H,9-11H2,1-6H3/t14-/m1/s1. The highest BCUT2D eigenvalue weighted by atomic mass is 16.2. The van der Waals surface area contributed by atoms with Crippen LogP contribution in [0.15, 0.2) is 23.1 Å². The zero-order valence-corrected chi connectivity index (χ0v) is 14.6. The number of aromatic nitrogens is 1. The van der Waals surface area contributed by atoms with Crippen LogP contribution in [0.3, 0.4) is 0 Å². The van der Waals surface area contributed by atoms with Crippen molar-refractivity contribution in [3.05, 3.63) is 34.2 Å². The van der Waals surface area contributed by atoms with Gasteiger partial charge in [-0.15, -0.1) is 0 Å². The van der Waals surface area contributed by atoms with E-state index >= 15 is 0 Å². The molecule has 0 spiro atoms. The minimum absolute atomic E-state index is 0.0250. The molecular weight excluding hydrogens is 276 g/mol. The molecule has 1 fully saturated rings. The van der Waals surface area contributed by atoms with E-state index in [4.69, 9.17) is 0 Å². The second kappa shape index (κ2) is 5.56. The Morgan fingerprint density at radius 1 is 1.32 bits per heavy atom. The van der Waals surface area contributed by atoms with Crippen LogP contribution in [0.1, 0.15) is 57.8 Å². The van der Waals surface area contributed by atoms with Crippen LogP contribution < -0.4 is 5.56 Å². The van der Waals surface area contributed by atoms with Gasteiger partial charge in [-0.3, -0.25) is 9.59 Å². The molecule has 1 aromatic heterocycles. The first-order valence-corrected chi connectivity index (χ1v) is 8.01. The Balaban J connectivity index is 2.24. The van der Waals surface area contributed by atoms with E-state index in [0.29, 0.717) is 11.5 Å². The Bertz CT molecular complexity index is 623. The molecule has 0 saturated carbocycles. The summed E-state index contributed by atoms with van der Waals surface area (Å²) in [5.74, 6) is 0.529. The van der Waals surface area contributed by atoms with E-state index in [1.807, 2.05) is 4.90 Å². The number of amides is 1. The van der Waals surface area contributed by atoms with Gasteiger partial charge in [0, 0.05) is 31.4 Å². The van der Waals surface area contributed by atoms with Gasteiger partial charge in [-0.25, -0.2) is 0 Å². The summed E-state index contributed by atoms with van der Waals surface area (Å²) >= 11 is 0. The molecule has 0 bridgehead atoms. The Kier molecular flexibility index (Phi) is 4.24. The molecule has 1 aliphatic heterocycles. The molecular formula is C18H28N2O2. The number of hydrogen-bond acceptors (Lipinski definition) is 2. The Morgan fingerprint density at radius 3 is 2.50 bits per heavy atom. The molecule has 0 N–H and O–H groups in total. The van der Waals surface area contributed by atoms with Crippen molar-refractivity contribution in [3.63, 3.8) is 0 Å². The molecule has 0 aromatic carbocycles. The van der Waals surface area contributed by atoms with Gasteiger partial charge in [0.25, 0.3) is 5.91 Å². The number of pyridine rings is 1. The predicted molar refractivity (Wildman–Crippen MR) is 89.0 cm³/mol. The van der Waals surface area contributed by atoms with Gasteiger partial charge in [-0.05, 0) is 44.1 Å². The summed E-state index contributed by atoms with van der Waals surface area (Å²) in [6.45, 7) is 11.9. The summed E-state index contributed by atoms with van der Waals surface area (Å²) in [5, 5.41) is 0. The summed E-state index contributed by atoms with van der Waals surface area (Å²) in [5.41, 5.74) is 0.603. The summed E-state index contributed by atoms with van der Waals surface area (Å²) in [7, 11) is 1.68. The number of carbonyl (C=O) groups is 1. The summed E-state index contributed by atoms with van der Waals surface area (Å²) in [4.78, 5) is 26.3. The van der Waals surface area contributed by atoms with Crippen LogP contribution in [0.4, 0.5) is 0 Å². The van der Waals surface area contributed by atoms with Crippen molar-refractivity contribution in [2.24, 2.45) is 18.4 Å². The second-order valence-electron chi connectivity index (χ2n) is 8.23. The van der Waals surface area contributed by atoms with Crippen LogP contribution in [0.25, 0.3) is 0 Å². The fourth-order valence-corrected chi connectivity index (χ4v) is 3.48. The number of hydrogen-bond donors (Lipinski definition) is 0. The van der Waals surface area contributed by atoms with Crippen molar-refractivity contribution in [2.45, 2.75) is 53.0 Å². The van der Waals surface area contributed by atoms with Crippen LogP contribution in [0.2, 0.25) is 0 Å². The van der Waals surface area contributed by atoms with Gasteiger partial charge in [0.05, 0.1) is 5.56 Å². The number of likely N-dealkylation sites (tertiary alicyclic amines) is 1. The highest BCUT2D eigenvalue weighted by Crippen LogP contribution is 2.41. The van der Waals surface area contributed by atoms with E-state index in [-0.39, 0.29) is 22.4 Å². The third-order valence-corrected chi connectivity index (χ3v) is 4.83. The molecule has 22 heavy (non-hydrogen) atoms. The van der Waals surface area contributed by atoms with Crippen molar-refractivity contribution in [2.75, 3.05) is 6.54 Å². The molecule has 1 aromatic rings. The molecule has 4 heteroatoms. The van der Waals surface area contributed by atoms with Crippen molar-refractivity contribution in [1.82, 2.24) is 9.47 Å². The molecule has 1 aliphatic rings. The molecule has 1 amide bonds. The van der Waals surface area contributed by atoms with E-state index in [1.165, 1.54) is 10.6 Å². The molecule has 0 unspecified atom stereocenters. The molecule has 0 aliphatic carbocycles. The van der Waals surface area contributed by atoms with Crippen LogP contribution >= 0.6 is 0 Å². The minimum atomic E-state index is -0.154. The predicted octanol–water partition coefficient (Wildman–Crippen LogP) is 3.06. The van der Waals surface area contributed by atoms with Gasteiger partial charge in [0.2, 0.25) is 5.56 Å². The van der Waals surface area contributed by atoms with Gasteiger partial charge >= 0.3 is 0 Å². The first kappa shape index (κ1) is 16.8. The van der Waals surface area contributed by atoms with Crippen LogP contribution in [0.5, 0.6) is 0 Å². The van der Waals surface area contributed by atoms with Gasteiger partial charge in [-0.2, -0.15) is 0 Å². The maximum atomic E-state index is 12.8. The lowest BCUT2D eigenvalue weighted by atomic mass is 9.76. The van der Waals surface area contributed by atoms with Gasteiger partial charge in [0.15, 0.2) is 0 Å². The van der Waals surface area contributed by atoms with Crippen molar-refractivity contribution < 1.29 is 4.79 Å². The zero-order chi connectivity index (χ0) is 16.7. The Hall–Kier alpha value is -1.58. The average Bonchev–Trinajstić information content (AvgIpc) is 2.66. The largest absolute Gasteiger partial charge is 0.333 e. The normalized spacial score (nSPS) is 21.2. The van der Waals surface area contributed by atoms with E-state index in [9.17, 15) is 9.59 Å². The van der Waals surface area contributed by atoms with Crippen molar-refractivity contribution >= 4 is 5.91 Å². The van der Waals surface area contributed by atoms with Crippen molar-refractivity contribution in [1.29, 1.82) is 0 Å². The molecule has 2 rings (SSSR count). The third kappa shape index (κ3) is 3.26. The smallest absolute Gasteiger partial charge is 0.255 e. The zero-order valence-electron chi connectivity index (χ0n) is 14.6. The second-order valence-corrected chi connectivity index (χ2v) is 8.23. The SMILES string of the molecule is Cn1cc(C(=O)N2CC[C@H](CC(C)(C)C)C2(C)C)ccc1=O. The first-order chi connectivity index (χ1) is 10.0. The fourth-order valence-electron chi connectivity index (χ4n) is 3.48. The minimum Gasteiger partial charge on any atom is -0.333 e. The van der Waals surface area contributed by atoms with Gasteiger partial charge in [-0.1, -0.05) is 20.8 Å². The number of aryl methyl sites for hydroxylation is 1. The average molecular weight is 304 g/mol. The topological polar surface area (TPSA) is 42.3 Å². The molecule has 2 heterocycles. The summed E-state index contributed by atoms with van der Waals surface area (Å²) < 4.78 is 1.46. The Labute approximate surface area is 133 Å². The first-order valence-electron chi connectivity index (χ1n) is 8.01. The lowest BCUT2D eigenvalue weighted by molar-refractivity contribution is 0.0569. The molecule has 0 radical (unpaired) electrons. The van der Waals surface area contributed by atoms with Crippen molar-refractivity contribution in [3.8, 4) is 0 Å². The molecule has 1 saturated heterocycles. The lowest BCUT2D eigenvalue weighted by Crippen LogP contribution is -2.46. The van der Waals surface area contributed by atoms with E-state index < -0.39 is 0 Å². The molecule has 122 valence electrons. The van der Waals surface area contributed by atoms with E-state index in [1.54, 1.807) is 19.3 Å². The van der Waals surface area contributed by atoms with Gasteiger partial charge < -0.3 is 9.47 Å². The maximum Gasteiger partial charge on any atom is 0.255 e. The number of carbonyl (C=O) groups excluding carboxylic acids is 1.